The second-order valence-corrected chi connectivity index (χ2v) is 12.1. The molecule has 5 aromatic rings. The summed E-state index contributed by atoms with van der Waals surface area (Å²) < 4.78 is 10.5. The third-order valence-corrected chi connectivity index (χ3v) is 8.96. The van der Waals surface area contributed by atoms with Gasteiger partial charge in [-0.3, -0.25) is 4.90 Å². The maximum atomic E-state index is 6.42. The number of pyridine rings is 1. The molecule has 3 heterocycles. The molecule has 1 aliphatic heterocycles. The van der Waals surface area contributed by atoms with Crippen molar-refractivity contribution in [3.8, 4) is 11.5 Å². The number of anilines is 2. The number of benzene rings is 3. The lowest BCUT2D eigenvalue weighted by atomic mass is 9.93. The highest BCUT2D eigenvalue weighted by atomic mass is 32.1. The summed E-state index contributed by atoms with van der Waals surface area (Å²) in [6.07, 6.45) is 4.17. The van der Waals surface area contributed by atoms with Crippen molar-refractivity contribution >= 4 is 33.7 Å². The van der Waals surface area contributed by atoms with Crippen LogP contribution < -0.4 is 26.7 Å². The van der Waals surface area contributed by atoms with Gasteiger partial charge >= 0.3 is 0 Å². The predicted molar refractivity (Wildman–Crippen MR) is 179 cm³/mol. The predicted octanol–water partition coefficient (Wildman–Crippen LogP) is 6.40. The topological polar surface area (TPSA) is 113 Å². The first kappa shape index (κ1) is 30.4. The van der Waals surface area contributed by atoms with Crippen molar-refractivity contribution in [3.63, 3.8) is 0 Å². The highest BCUT2D eigenvalue weighted by Gasteiger charge is 2.16. The Bertz CT molecular complexity index is 1630. The van der Waals surface area contributed by atoms with E-state index in [4.69, 9.17) is 26.7 Å². The molecular formula is C35H41N5O2S. The van der Waals surface area contributed by atoms with E-state index in [0.717, 1.165) is 46.5 Å². The first-order valence-electron chi connectivity index (χ1n) is 14.7. The maximum absolute atomic E-state index is 6.42. The number of fused-ring (bicyclic) bond motifs is 1. The van der Waals surface area contributed by atoms with Crippen LogP contribution >= 0.6 is 11.3 Å². The van der Waals surface area contributed by atoms with Crippen LogP contribution in [0.2, 0.25) is 0 Å². The van der Waals surface area contributed by atoms with Crippen LogP contribution in [0.4, 0.5) is 11.5 Å². The van der Waals surface area contributed by atoms with Crippen LogP contribution in [0.3, 0.4) is 0 Å². The normalized spacial score (nSPS) is 13.1. The largest absolute Gasteiger partial charge is 0.497 e. The van der Waals surface area contributed by atoms with Crippen LogP contribution in [0.25, 0.3) is 10.9 Å². The third-order valence-electron chi connectivity index (χ3n) is 7.86. The fraction of sp³-hybridized carbons (Fsp3) is 0.286. The molecule has 0 atom stereocenters. The van der Waals surface area contributed by atoms with E-state index < -0.39 is 0 Å². The number of methoxy groups -OCH3 is 2. The second-order valence-electron chi connectivity index (χ2n) is 10.8. The van der Waals surface area contributed by atoms with E-state index in [9.17, 15) is 0 Å². The zero-order chi connectivity index (χ0) is 30.2. The van der Waals surface area contributed by atoms with Crippen molar-refractivity contribution in [3.05, 3.63) is 111 Å². The molecule has 0 unspecified atom stereocenters. The highest BCUT2D eigenvalue weighted by Crippen LogP contribution is 2.33. The zero-order valence-electron chi connectivity index (χ0n) is 25.0. The summed E-state index contributed by atoms with van der Waals surface area (Å²) >= 11 is 1.85. The highest BCUT2D eigenvalue weighted by molar-refractivity contribution is 7.11. The van der Waals surface area contributed by atoms with E-state index in [2.05, 4.69) is 40.2 Å². The Morgan fingerprint density at radius 1 is 0.767 bits per heavy atom. The van der Waals surface area contributed by atoms with Crippen LogP contribution in [0.5, 0.6) is 11.5 Å². The molecule has 1 aliphatic rings. The van der Waals surface area contributed by atoms with E-state index in [0.29, 0.717) is 24.5 Å². The minimum Gasteiger partial charge on any atom is -0.497 e. The molecule has 1 fully saturated rings. The Kier molecular flexibility index (Phi) is 10.1. The van der Waals surface area contributed by atoms with Crippen LogP contribution in [-0.4, -0.2) is 37.2 Å². The van der Waals surface area contributed by atoms with Crippen LogP contribution in [-0.2, 0) is 25.9 Å². The number of nitrogens with zero attached hydrogens (tertiary/aromatic N) is 2. The molecule has 43 heavy (non-hydrogen) atoms. The van der Waals surface area contributed by atoms with Gasteiger partial charge in [0, 0.05) is 34.7 Å². The quantitative estimate of drug-likeness (QED) is 0.181. The van der Waals surface area contributed by atoms with Gasteiger partial charge in [-0.15, -0.1) is 11.3 Å². The number of nitrogen functional groups attached to an aromatic ring is 2. The summed E-state index contributed by atoms with van der Waals surface area (Å²) in [5.41, 5.74) is 24.0. The third kappa shape index (κ3) is 7.65. The van der Waals surface area contributed by atoms with Gasteiger partial charge in [0.25, 0.3) is 0 Å². The van der Waals surface area contributed by atoms with Gasteiger partial charge in [-0.25, -0.2) is 4.98 Å². The van der Waals surface area contributed by atoms with Gasteiger partial charge < -0.3 is 26.7 Å². The molecule has 0 spiro atoms. The van der Waals surface area contributed by atoms with Gasteiger partial charge in [0.1, 0.15) is 17.3 Å². The molecule has 6 rings (SSSR count). The number of aromatic nitrogens is 1. The average molecular weight is 596 g/mol. The van der Waals surface area contributed by atoms with Gasteiger partial charge in [0.05, 0.1) is 25.4 Å². The van der Waals surface area contributed by atoms with Gasteiger partial charge in [-0.05, 0) is 97.1 Å². The molecule has 1 saturated heterocycles. The molecule has 3 aromatic carbocycles. The lowest BCUT2D eigenvalue weighted by molar-refractivity contribution is 0.334. The van der Waals surface area contributed by atoms with Crippen LogP contribution in [0, 0.1) is 0 Å². The molecule has 0 aliphatic carbocycles. The minimum atomic E-state index is 0.368. The molecule has 224 valence electrons. The van der Waals surface area contributed by atoms with Crippen LogP contribution in [0.15, 0.2) is 78.9 Å². The maximum Gasteiger partial charge on any atom is 0.147 e. The fourth-order valence-corrected chi connectivity index (χ4v) is 6.47. The molecule has 0 saturated carbocycles. The van der Waals surface area contributed by atoms with Crippen LogP contribution in [0.1, 0.15) is 44.8 Å². The summed E-state index contributed by atoms with van der Waals surface area (Å²) in [6, 6.07) is 26.6. The lowest BCUT2D eigenvalue weighted by Gasteiger charge is -2.16. The Balaban J connectivity index is 0.000000235. The van der Waals surface area contributed by atoms with Crippen molar-refractivity contribution in [2.75, 3.05) is 38.8 Å². The van der Waals surface area contributed by atoms with E-state index in [-0.39, 0.29) is 0 Å². The summed E-state index contributed by atoms with van der Waals surface area (Å²) in [7, 11) is 3.33. The summed E-state index contributed by atoms with van der Waals surface area (Å²) in [5.74, 6) is 2.04. The van der Waals surface area contributed by atoms with Crippen molar-refractivity contribution in [2.45, 2.75) is 38.8 Å². The van der Waals surface area contributed by atoms with Gasteiger partial charge in [0.15, 0.2) is 0 Å². The summed E-state index contributed by atoms with van der Waals surface area (Å²) in [4.78, 5) is 9.83. The van der Waals surface area contributed by atoms with Gasteiger partial charge in [0.2, 0.25) is 0 Å². The fourth-order valence-electron chi connectivity index (χ4n) is 5.53. The summed E-state index contributed by atoms with van der Waals surface area (Å²) in [6.45, 7) is 4.36. The van der Waals surface area contributed by atoms with Crippen molar-refractivity contribution in [2.24, 2.45) is 5.73 Å². The molecule has 0 amide bonds. The summed E-state index contributed by atoms with van der Waals surface area (Å²) in [5, 5.41) is 1.07. The number of ether oxygens (including phenoxy) is 2. The Morgan fingerprint density at radius 2 is 1.37 bits per heavy atom. The van der Waals surface area contributed by atoms with Crippen molar-refractivity contribution in [1.82, 2.24) is 9.88 Å². The molecule has 6 N–H and O–H groups in total. The zero-order valence-corrected chi connectivity index (χ0v) is 25.8. The number of hydrogen-bond acceptors (Lipinski definition) is 8. The Hall–Kier alpha value is -4.11. The number of rotatable bonds is 9. The number of hydrogen-bond donors (Lipinski definition) is 3. The standard InChI is InChI=1S/C25H25N3O2.C10H16N2S/c1-29-19-10-6-16(7-11-19)14-18-4-3-5-22-23(18)21(24(26)25(27)28-22)15-17-8-12-20(30-2)13-9-17;11-7-9-3-4-10(13-9)8-12-5-1-2-6-12/h3-13H,14-15,26H2,1-2H3,(H2,27,28);3-4H,1-2,5-8,11H2. The van der Waals surface area contributed by atoms with E-state index >= 15 is 0 Å². The molecular weight excluding hydrogens is 554 g/mol. The molecule has 8 heteroatoms. The van der Waals surface area contributed by atoms with Crippen molar-refractivity contribution < 1.29 is 9.47 Å². The first-order valence-corrected chi connectivity index (χ1v) is 15.5. The second kappa shape index (κ2) is 14.4. The monoisotopic (exact) mass is 595 g/mol. The molecule has 2 aromatic heterocycles. The van der Waals surface area contributed by atoms with Gasteiger partial charge in [-0.1, -0.05) is 36.4 Å². The Labute approximate surface area is 258 Å². The SMILES string of the molecule is COc1ccc(Cc2cccc3nc(N)c(N)c(Cc4ccc(OC)cc4)c23)cc1.NCc1ccc(CN2CCCC2)s1. The smallest absolute Gasteiger partial charge is 0.147 e. The molecule has 0 bridgehead atoms. The van der Waals surface area contributed by atoms with Gasteiger partial charge in [-0.2, -0.15) is 0 Å². The first-order chi connectivity index (χ1) is 21.0. The number of nitrogens with two attached hydrogens (primary N) is 3. The minimum absolute atomic E-state index is 0.368. The van der Waals surface area contributed by atoms with E-state index in [1.165, 1.54) is 46.8 Å². The van der Waals surface area contributed by atoms with Crippen molar-refractivity contribution in [1.29, 1.82) is 0 Å². The molecule has 7 nitrogen and oxygen atoms in total. The van der Waals surface area contributed by atoms with E-state index in [1.54, 1.807) is 14.2 Å². The molecule has 0 radical (unpaired) electrons. The lowest BCUT2D eigenvalue weighted by Crippen LogP contribution is -2.17. The number of thiophene rings is 1. The van der Waals surface area contributed by atoms with E-state index in [1.807, 2.05) is 59.9 Å². The average Bonchev–Trinajstić information content (AvgIpc) is 3.73. The Morgan fingerprint density at radius 3 is 1.95 bits per heavy atom. The number of likely N-dealkylation sites (tertiary alicyclic amines) is 1.